The summed E-state index contributed by atoms with van der Waals surface area (Å²) in [5.41, 5.74) is 0. The van der Waals surface area contributed by atoms with Crippen LogP contribution in [-0.2, 0) is 4.79 Å². The molecule has 1 fully saturated rings. The van der Waals surface area contributed by atoms with Crippen LogP contribution >= 0.6 is 0 Å². The first-order valence-corrected chi connectivity index (χ1v) is 6.39. The summed E-state index contributed by atoms with van der Waals surface area (Å²) in [6.07, 6.45) is 3.91. The van der Waals surface area contributed by atoms with Gasteiger partial charge in [0, 0.05) is 12.6 Å². The molecule has 2 N–H and O–H groups in total. The van der Waals surface area contributed by atoms with Crippen molar-refractivity contribution in [3.8, 4) is 0 Å². The molecule has 0 aliphatic carbocycles. The average Bonchev–Trinajstić information content (AvgIpc) is 2.82. The smallest absolute Gasteiger partial charge is 0.240 e. The van der Waals surface area contributed by atoms with E-state index in [9.17, 15) is 4.79 Å². The van der Waals surface area contributed by atoms with Crippen LogP contribution in [0, 0.1) is 0 Å². The molecule has 0 aromatic carbocycles. The van der Waals surface area contributed by atoms with E-state index in [1.165, 1.54) is 0 Å². The van der Waals surface area contributed by atoms with Crippen LogP contribution in [0.5, 0.6) is 0 Å². The number of rotatable bonds is 6. The van der Waals surface area contributed by atoms with E-state index in [0.29, 0.717) is 6.54 Å². The number of aliphatic hydroxyl groups excluding tert-OH is 1. The second kappa shape index (κ2) is 6.86. The zero-order chi connectivity index (χ0) is 12.0. The van der Waals surface area contributed by atoms with Gasteiger partial charge in [0.1, 0.15) is 0 Å². The molecule has 0 saturated carbocycles. The van der Waals surface area contributed by atoms with E-state index < -0.39 is 0 Å². The highest BCUT2D eigenvalue weighted by molar-refractivity contribution is 5.82. The molecule has 1 aliphatic heterocycles. The van der Waals surface area contributed by atoms with Crippen LogP contribution in [-0.4, -0.2) is 47.7 Å². The number of amides is 1. The van der Waals surface area contributed by atoms with Gasteiger partial charge in [0.25, 0.3) is 0 Å². The molecule has 1 saturated heterocycles. The van der Waals surface area contributed by atoms with Crippen molar-refractivity contribution in [2.45, 2.75) is 51.6 Å². The van der Waals surface area contributed by atoms with Crippen molar-refractivity contribution in [3.63, 3.8) is 0 Å². The molecule has 0 radical (unpaired) electrons. The zero-order valence-corrected chi connectivity index (χ0v) is 10.4. The molecule has 1 unspecified atom stereocenters. The van der Waals surface area contributed by atoms with Crippen LogP contribution in [0.15, 0.2) is 0 Å². The Bertz CT molecular complexity index is 211. The van der Waals surface area contributed by atoms with Crippen LogP contribution in [0.2, 0.25) is 0 Å². The minimum absolute atomic E-state index is 0.0212. The Morgan fingerprint density at radius 3 is 2.62 bits per heavy atom. The van der Waals surface area contributed by atoms with Crippen molar-refractivity contribution in [1.29, 1.82) is 0 Å². The number of hydrogen-bond donors (Lipinski definition) is 2. The maximum absolute atomic E-state index is 12.2. The zero-order valence-electron chi connectivity index (χ0n) is 10.4. The second-order valence-electron chi connectivity index (χ2n) is 4.37. The van der Waals surface area contributed by atoms with Gasteiger partial charge in [0.05, 0.1) is 12.6 Å². The summed E-state index contributed by atoms with van der Waals surface area (Å²) in [7, 11) is 0. The van der Waals surface area contributed by atoms with Crippen molar-refractivity contribution in [3.05, 3.63) is 0 Å². The molecule has 1 amide bonds. The van der Waals surface area contributed by atoms with Gasteiger partial charge in [-0.2, -0.15) is 0 Å². The van der Waals surface area contributed by atoms with E-state index in [1.54, 1.807) is 0 Å². The lowest BCUT2D eigenvalue weighted by Gasteiger charge is -2.32. The quantitative estimate of drug-likeness (QED) is 0.705. The lowest BCUT2D eigenvalue weighted by molar-refractivity contribution is -0.136. The van der Waals surface area contributed by atoms with Crippen molar-refractivity contribution in [2.75, 3.05) is 19.7 Å². The molecular weight excluding hydrogens is 204 g/mol. The predicted molar refractivity (Wildman–Crippen MR) is 64.2 cm³/mol. The lowest BCUT2D eigenvalue weighted by atomic mass is 10.1. The number of aliphatic hydroxyl groups is 1. The fourth-order valence-electron chi connectivity index (χ4n) is 2.41. The monoisotopic (exact) mass is 228 g/mol. The Kier molecular flexibility index (Phi) is 5.77. The Labute approximate surface area is 98.0 Å². The Morgan fingerprint density at radius 2 is 2.19 bits per heavy atom. The number of nitrogens with zero attached hydrogens (tertiary/aromatic N) is 1. The molecule has 0 aromatic heterocycles. The molecule has 0 bridgehead atoms. The molecule has 4 nitrogen and oxygen atoms in total. The highest BCUT2D eigenvalue weighted by Crippen LogP contribution is 2.14. The van der Waals surface area contributed by atoms with E-state index in [4.69, 9.17) is 5.11 Å². The van der Waals surface area contributed by atoms with Gasteiger partial charge in [-0.25, -0.2) is 0 Å². The highest BCUT2D eigenvalue weighted by atomic mass is 16.3. The summed E-state index contributed by atoms with van der Waals surface area (Å²) >= 11 is 0. The van der Waals surface area contributed by atoms with Gasteiger partial charge in [-0.1, -0.05) is 13.8 Å². The molecule has 1 atom stereocenters. The van der Waals surface area contributed by atoms with Gasteiger partial charge >= 0.3 is 0 Å². The second-order valence-corrected chi connectivity index (χ2v) is 4.37. The molecule has 4 heteroatoms. The molecular formula is C12H24N2O2. The van der Waals surface area contributed by atoms with Gasteiger partial charge in [0.15, 0.2) is 0 Å². The largest absolute Gasteiger partial charge is 0.395 e. The number of carbonyl (C=O) groups excluding carboxylic acids is 1. The van der Waals surface area contributed by atoms with E-state index in [0.717, 1.165) is 32.2 Å². The van der Waals surface area contributed by atoms with Crippen LogP contribution in [0.1, 0.15) is 39.5 Å². The summed E-state index contributed by atoms with van der Waals surface area (Å²) in [5.74, 6) is 0.167. The van der Waals surface area contributed by atoms with Crippen molar-refractivity contribution in [2.24, 2.45) is 0 Å². The van der Waals surface area contributed by atoms with Gasteiger partial charge < -0.3 is 15.3 Å². The molecule has 1 aliphatic rings. The van der Waals surface area contributed by atoms with E-state index >= 15 is 0 Å². The normalized spacial score (nSPS) is 20.4. The third-order valence-corrected chi connectivity index (χ3v) is 3.37. The number of carbonyl (C=O) groups is 1. The third-order valence-electron chi connectivity index (χ3n) is 3.37. The van der Waals surface area contributed by atoms with Crippen LogP contribution in [0.3, 0.4) is 0 Å². The van der Waals surface area contributed by atoms with Gasteiger partial charge in [-0.3, -0.25) is 4.79 Å². The van der Waals surface area contributed by atoms with Crippen LogP contribution in [0.25, 0.3) is 0 Å². The summed E-state index contributed by atoms with van der Waals surface area (Å²) in [6, 6.07) is 0.245. The minimum Gasteiger partial charge on any atom is -0.395 e. The van der Waals surface area contributed by atoms with Crippen molar-refractivity contribution >= 4 is 5.91 Å². The minimum atomic E-state index is -0.0212. The maximum atomic E-state index is 12.2. The number of hydrogen-bond acceptors (Lipinski definition) is 3. The molecule has 94 valence electrons. The summed E-state index contributed by atoms with van der Waals surface area (Å²) in [6.45, 7) is 5.63. The first-order valence-electron chi connectivity index (χ1n) is 6.39. The van der Waals surface area contributed by atoms with Gasteiger partial charge in [-0.05, 0) is 32.2 Å². The fourth-order valence-corrected chi connectivity index (χ4v) is 2.41. The molecule has 1 heterocycles. The Balaban J connectivity index is 2.63. The Hall–Kier alpha value is -0.610. The first-order chi connectivity index (χ1) is 7.74. The molecule has 1 rings (SSSR count). The average molecular weight is 228 g/mol. The number of nitrogens with one attached hydrogen (secondary N) is 1. The van der Waals surface area contributed by atoms with Crippen molar-refractivity contribution in [1.82, 2.24) is 10.2 Å². The highest BCUT2D eigenvalue weighted by Gasteiger charge is 2.29. The Morgan fingerprint density at radius 1 is 1.50 bits per heavy atom. The third kappa shape index (κ3) is 3.19. The standard InChI is InChI=1S/C12H24N2O2/c1-3-10(4-2)14(8-9-15)12(16)11-6-5-7-13-11/h10-11,13,15H,3-9H2,1-2H3. The van der Waals surface area contributed by atoms with E-state index in [1.807, 2.05) is 4.90 Å². The van der Waals surface area contributed by atoms with E-state index in [-0.39, 0.29) is 24.6 Å². The lowest BCUT2D eigenvalue weighted by Crippen LogP contribution is -2.49. The predicted octanol–water partition coefficient (Wildman–Crippen LogP) is 0.748. The SMILES string of the molecule is CCC(CC)N(CCO)C(=O)C1CCCN1. The summed E-state index contributed by atoms with van der Waals surface area (Å²) in [5, 5.41) is 12.3. The topological polar surface area (TPSA) is 52.6 Å². The summed E-state index contributed by atoms with van der Waals surface area (Å²) in [4.78, 5) is 14.1. The fraction of sp³-hybridized carbons (Fsp3) is 0.917. The van der Waals surface area contributed by atoms with Crippen LogP contribution in [0.4, 0.5) is 0 Å². The van der Waals surface area contributed by atoms with E-state index in [2.05, 4.69) is 19.2 Å². The van der Waals surface area contributed by atoms with Crippen LogP contribution < -0.4 is 5.32 Å². The molecule has 16 heavy (non-hydrogen) atoms. The molecule has 0 aromatic rings. The van der Waals surface area contributed by atoms with Crippen molar-refractivity contribution < 1.29 is 9.90 Å². The summed E-state index contributed by atoms with van der Waals surface area (Å²) < 4.78 is 0. The maximum Gasteiger partial charge on any atom is 0.240 e. The van der Waals surface area contributed by atoms with Gasteiger partial charge in [0.2, 0.25) is 5.91 Å². The first kappa shape index (κ1) is 13.5. The van der Waals surface area contributed by atoms with Gasteiger partial charge in [-0.15, -0.1) is 0 Å². The molecule has 0 spiro atoms.